The molecule has 0 aliphatic rings. The van der Waals surface area contributed by atoms with E-state index in [9.17, 15) is 23.1 Å². The molecule has 2 N–H and O–H groups in total. The van der Waals surface area contributed by atoms with Gasteiger partial charge < -0.3 is 10.4 Å². The molecule has 148 valence electrons. The van der Waals surface area contributed by atoms with E-state index in [1.165, 1.54) is 0 Å². The number of halogens is 3. The Morgan fingerprint density at radius 2 is 1.82 bits per heavy atom. The van der Waals surface area contributed by atoms with Gasteiger partial charge in [0.2, 0.25) is 0 Å². The van der Waals surface area contributed by atoms with Crippen LogP contribution in [0.5, 0.6) is 0 Å². The molecule has 3 nitrogen and oxygen atoms in total. The third-order valence-electron chi connectivity index (χ3n) is 4.21. The van der Waals surface area contributed by atoms with Crippen molar-refractivity contribution in [3.05, 3.63) is 70.8 Å². The standard InChI is InChI=1S/C22H22F3NO2/c1-15-5-3-7-18(13-15)16(2)9-10-17-6-4-8-19(14-17)20(27)11-12-26-21(28)22(23,24)25/h3-8,13-14,16,20,27H,11-12H2,1-2H3,(H,26,28). The average molecular weight is 389 g/mol. The second kappa shape index (κ2) is 9.43. The van der Waals surface area contributed by atoms with Crippen LogP contribution in [0.3, 0.4) is 0 Å². The Hall–Kier alpha value is -2.78. The van der Waals surface area contributed by atoms with Gasteiger partial charge in [-0.3, -0.25) is 4.79 Å². The van der Waals surface area contributed by atoms with Crippen molar-refractivity contribution < 1.29 is 23.1 Å². The lowest BCUT2D eigenvalue weighted by molar-refractivity contribution is -0.173. The predicted octanol–water partition coefficient (Wildman–Crippen LogP) is 4.25. The minimum absolute atomic E-state index is 0.0294. The number of carbonyl (C=O) groups is 1. The Kier molecular flexibility index (Phi) is 7.24. The first kappa shape index (κ1) is 21.5. The molecule has 0 aromatic heterocycles. The van der Waals surface area contributed by atoms with Crippen LogP contribution in [0.2, 0.25) is 0 Å². The molecule has 2 rings (SSSR count). The molecule has 0 fully saturated rings. The Bertz CT molecular complexity index is 881. The van der Waals surface area contributed by atoms with Gasteiger partial charge in [-0.2, -0.15) is 13.2 Å². The molecule has 1 amide bonds. The molecule has 0 spiro atoms. The van der Waals surface area contributed by atoms with E-state index in [2.05, 4.69) is 17.9 Å². The predicted molar refractivity (Wildman–Crippen MR) is 102 cm³/mol. The molecule has 0 aliphatic carbocycles. The number of carbonyl (C=O) groups excluding carboxylic acids is 1. The molecular weight excluding hydrogens is 367 g/mol. The second-order valence-corrected chi connectivity index (χ2v) is 6.59. The number of hydrogen-bond acceptors (Lipinski definition) is 2. The molecule has 6 heteroatoms. The number of aliphatic hydroxyl groups excluding tert-OH is 1. The van der Waals surface area contributed by atoms with Crippen molar-refractivity contribution in [3.8, 4) is 11.8 Å². The van der Waals surface area contributed by atoms with Crippen LogP contribution in [0, 0.1) is 18.8 Å². The normalized spacial score (nSPS) is 13.2. The van der Waals surface area contributed by atoms with Gasteiger partial charge in [0.15, 0.2) is 0 Å². The number of aryl methyl sites for hydroxylation is 1. The quantitative estimate of drug-likeness (QED) is 0.751. The third kappa shape index (κ3) is 6.43. The van der Waals surface area contributed by atoms with Crippen molar-refractivity contribution in [1.82, 2.24) is 5.32 Å². The number of nitrogens with one attached hydrogen (secondary N) is 1. The molecular formula is C22H22F3NO2. The van der Waals surface area contributed by atoms with Gasteiger partial charge in [-0.25, -0.2) is 0 Å². The SMILES string of the molecule is Cc1cccc(C(C)C#Cc2cccc(C(O)CCNC(=O)C(F)(F)F)c2)c1. The van der Waals surface area contributed by atoms with Crippen LogP contribution >= 0.6 is 0 Å². The zero-order chi connectivity index (χ0) is 20.7. The topological polar surface area (TPSA) is 49.3 Å². The zero-order valence-electron chi connectivity index (χ0n) is 15.7. The molecule has 0 radical (unpaired) electrons. The maximum atomic E-state index is 12.2. The lowest BCUT2D eigenvalue weighted by Gasteiger charge is -2.13. The maximum absolute atomic E-state index is 12.2. The van der Waals surface area contributed by atoms with Crippen molar-refractivity contribution >= 4 is 5.91 Å². The number of alkyl halides is 3. The molecule has 2 atom stereocenters. The summed E-state index contributed by atoms with van der Waals surface area (Å²) in [6, 6.07) is 15.0. The summed E-state index contributed by atoms with van der Waals surface area (Å²) in [6.07, 6.45) is -5.95. The van der Waals surface area contributed by atoms with Gasteiger partial charge in [-0.1, -0.05) is 53.8 Å². The van der Waals surface area contributed by atoms with E-state index in [0.29, 0.717) is 11.1 Å². The van der Waals surface area contributed by atoms with E-state index >= 15 is 0 Å². The lowest BCUT2D eigenvalue weighted by Crippen LogP contribution is -2.37. The van der Waals surface area contributed by atoms with Crippen LogP contribution < -0.4 is 5.32 Å². The number of amides is 1. The number of rotatable bonds is 5. The average Bonchev–Trinajstić information content (AvgIpc) is 2.65. The van der Waals surface area contributed by atoms with Gasteiger partial charge in [0.1, 0.15) is 0 Å². The van der Waals surface area contributed by atoms with Crippen molar-refractivity contribution in [1.29, 1.82) is 0 Å². The highest BCUT2D eigenvalue weighted by atomic mass is 19.4. The van der Waals surface area contributed by atoms with Crippen LogP contribution in [-0.4, -0.2) is 23.7 Å². The molecule has 2 unspecified atom stereocenters. The van der Waals surface area contributed by atoms with E-state index in [-0.39, 0.29) is 18.9 Å². The summed E-state index contributed by atoms with van der Waals surface area (Å²) in [5, 5.41) is 11.9. The molecule has 0 saturated carbocycles. The van der Waals surface area contributed by atoms with Gasteiger partial charge in [-0.05, 0) is 43.5 Å². The molecule has 2 aromatic rings. The number of hydrogen-bond donors (Lipinski definition) is 2. The van der Waals surface area contributed by atoms with Crippen LogP contribution in [0.4, 0.5) is 13.2 Å². The largest absolute Gasteiger partial charge is 0.471 e. The first-order valence-corrected chi connectivity index (χ1v) is 8.88. The Morgan fingerprint density at radius 3 is 2.50 bits per heavy atom. The van der Waals surface area contributed by atoms with Gasteiger partial charge >= 0.3 is 12.1 Å². The summed E-state index contributed by atoms with van der Waals surface area (Å²) in [5.74, 6) is 4.27. The summed E-state index contributed by atoms with van der Waals surface area (Å²) >= 11 is 0. The smallest absolute Gasteiger partial charge is 0.388 e. The summed E-state index contributed by atoms with van der Waals surface area (Å²) < 4.78 is 36.5. The Balaban J connectivity index is 1.99. The van der Waals surface area contributed by atoms with Crippen molar-refractivity contribution in [2.24, 2.45) is 0 Å². The fourth-order valence-electron chi connectivity index (χ4n) is 2.63. The Labute approximate surface area is 162 Å². The first-order valence-electron chi connectivity index (χ1n) is 8.88. The Morgan fingerprint density at radius 1 is 1.14 bits per heavy atom. The van der Waals surface area contributed by atoms with Crippen molar-refractivity contribution in [2.45, 2.75) is 38.5 Å². The minimum atomic E-state index is -4.92. The lowest BCUT2D eigenvalue weighted by atomic mass is 9.99. The van der Waals surface area contributed by atoms with Gasteiger partial charge in [-0.15, -0.1) is 0 Å². The third-order valence-corrected chi connectivity index (χ3v) is 4.21. The number of aliphatic hydroxyl groups is 1. The van der Waals surface area contributed by atoms with E-state index in [1.807, 2.05) is 32.0 Å². The molecule has 0 saturated heterocycles. The molecule has 0 heterocycles. The van der Waals surface area contributed by atoms with Crippen LogP contribution in [-0.2, 0) is 4.79 Å². The van der Waals surface area contributed by atoms with E-state index in [0.717, 1.165) is 11.1 Å². The van der Waals surface area contributed by atoms with Crippen molar-refractivity contribution in [2.75, 3.05) is 6.54 Å². The highest BCUT2D eigenvalue weighted by molar-refractivity contribution is 5.81. The summed E-state index contributed by atoms with van der Waals surface area (Å²) in [7, 11) is 0. The monoisotopic (exact) mass is 389 g/mol. The van der Waals surface area contributed by atoms with Crippen LogP contribution in [0.25, 0.3) is 0 Å². The van der Waals surface area contributed by atoms with E-state index in [1.54, 1.807) is 29.6 Å². The van der Waals surface area contributed by atoms with Gasteiger partial charge in [0.25, 0.3) is 0 Å². The molecule has 2 aromatic carbocycles. The fraction of sp³-hybridized carbons (Fsp3) is 0.318. The van der Waals surface area contributed by atoms with Crippen molar-refractivity contribution in [3.63, 3.8) is 0 Å². The summed E-state index contributed by atoms with van der Waals surface area (Å²) in [4.78, 5) is 10.8. The van der Waals surface area contributed by atoms with Crippen LogP contribution in [0.1, 0.15) is 47.6 Å². The molecule has 0 aliphatic heterocycles. The highest BCUT2D eigenvalue weighted by Gasteiger charge is 2.38. The summed E-state index contributed by atoms with van der Waals surface area (Å²) in [5.41, 5.74) is 3.52. The number of benzene rings is 2. The fourth-order valence-corrected chi connectivity index (χ4v) is 2.63. The van der Waals surface area contributed by atoms with E-state index in [4.69, 9.17) is 0 Å². The van der Waals surface area contributed by atoms with Gasteiger partial charge in [0, 0.05) is 18.0 Å². The summed E-state index contributed by atoms with van der Waals surface area (Å²) in [6.45, 7) is 3.75. The molecule has 0 bridgehead atoms. The first-order chi connectivity index (χ1) is 13.2. The zero-order valence-corrected chi connectivity index (χ0v) is 15.7. The van der Waals surface area contributed by atoms with Gasteiger partial charge in [0.05, 0.1) is 6.10 Å². The highest BCUT2D eigenvalue weighted by Crippen LogP contribution is 2.19. The second-order valence-electron chi connectivity index (χ2n) is 6.59. The minimum Gasteiger partial charge on any atom is -0.388 e. The molecule has 28 heavy (non-hydrogen) atoms. The van der Waals surface area contributed by atoms with Crippen LogP contribution in [0.15, 0.2) is 48.5 Å². The maximum Gasteiger partial charge on any atom is 0.471 e. The van der Waals surface area contributed by atoms with E-state index < -0.39 is 18.2 Å².